The van der Waals surface area contributed by atoms with Crippen molar-refractivity contribution in [3.8, 4) is 0 Å². The number of rotatable bonds is 3. The first-order valence-electron chi connectivity index (χ1n) is 2.56. The molecule has 0 aliphatic rings. The van der Waals surface area contributed by atoms with Crippen LogP contribution in [-0.4, -0.2) is 17.3 Å². The number of nitrogens with two attached hydrogens (primary N) is 1. The Balaban J connectivity index is 0. The van der Waals surface area contributed by atoms with Crippen molar-refractivity contribution in [2.24, 2.45) is 5.11 Å². The molecule has 58 valence electrons. The number of hydrogen-bond donors (Lipinski definition) is 1. The lowest BCUT2D eigenvalue weighted by molar-refractivity contribution is -0.109. The highest BCUT2D eigenvalue weighted by molar-refractivity contribution is 8.13. The largest absolute Gasteiger partial charge is 1.00 e. The van der Waals surface area contributed by atoms with Gasteiger partial charge in [0.15, 0.2) is 0 Å². The second-order valence-electron chi connectivity index (χ2n) is 1.29. The van der Waals surface area contributed by atoms with Crippen molar-refractivity contribution in [3.63, 3.8) is 0 Å². The van der Waals surface area contributed by atoms with Crippen molar-refractivity contribution in [3.05, 3.63) is 10.4 Å². The van der Waals surface area contributed by atoms with Gasteiger partial charge in [0.25, 0.3) is 0 Å². The summed E-state index contributed by atoms with van der Waals surface area (Å²) in [6.45, 7) is 2.29. The number of hydrogen-bond acceptors (Lipinski definition) is 2. The lowest BCUT2D eigenvalue weighted by Gasteiger charge is -1.85. The molecular weight excluding hydrogens is 172 g/mol. The first-order valence-corrected chi connectivity index (χ1v) is 3.54. The maximum Gasteiger partial charge on any atom is 0.213 e. The molecule has 0 rings (SSSR count). The Labute approximate surface area is 69.9 Å². The first kappa shape index (κ1) is 12.3. The summed E-state index contributed by atoms with van der Waals surface area (Å²) in [5.74, 6) is 0.923. The van der Waals surface area contributed by atoms with Crippen molar-refractivity contribution < 1.29 is 17.8 Å². The summed E-state index contributed by atoms with van der Waals surface area (Å²) < 4.78 is 0. The Morgan fingerprint density at radius 3 is 2.80 bits per heavy atom. The van der Waals surface area contributed by atoms with Gasteiger partial charge in [-0.2, -0.15) is 0 Å². The lowest BCUT2D eigenvalue weighted by Crippen LogP contribution is -3.00. The van der Waals surface area contributed by atoms with Crippen LogP contribution in [0.5, 0.6) is 0 Å². The van der Waals surface area contributed by atoms with Crippen LogP contribution >= 0.6 is 11.8 Å². The number of nitrogens with zero attached hydrogens (tertiary/aromatic N) is 3. The predicted molar refractivity (Wildman–Crippen MR) is 39.1 cm³/mol. The van der Waals surface area contributed by atoms with Crippen molar-refractivity contribution in [1.29, 1.82) is 0 Å². The minimum Gasteiger partial charge on any atom is -1.00 e. The fourth-order valence-electron chi connectivity index (χ4n) is 0.332. The minimum absolute atomic E-state index is 0. The summed E-state index contributed by atoms with van der Waals surface area (Å²) in [5.41, 5.74) is 7.86. The zero-order chi connectivity index (χ0) is 7.11. The molecule has 0 saturated heterocycles. The van der Waals surface area contributed by atoms with Crippen LogP contribution in [0.25, 0.3) is 10.4 Å². The van der Waals surface area contributed by atoms with Crippen LogP contribution in [0.1, 0.15) is 6.92 Å². The molecule has 0 aliphatic heterocycles. The van der Waals surface area contributed by atoms with Gasteiger partial charge < -0.3 is 12.4 Å². The molecule has 0 unspecified atom stereocenters. The third-order valence-electron chi connectivity index (χ3n) is 0.620. The quantitative estimate of drug-likeness (QED) is 0.165. The molecule has 6 heteroatoms. The van der Waals surface area contributed by atoms with Gasteiger partial charge in [-0.1, -0.05) is 23.8 Å². The molecule has 0 aliphatic carbocycles. The highest BCUT2D eigenvalue weighted by Crippen LogP contribution is 1.97. The Hall–Kier alpha value is -0.380. The van der Waals surface area contributed by atoms with E-state index in [-0.39, 0.29) is 12.4 Å². The SMILES string of the molecule is CCSC(=[NH2+])CN=[N+]=[N-].[Cl-]. The van der Waals surface area contributed by atoms with Gasteiger partial charge in [-0.25, -0.2) is 0 Å². The average molecular weight is 181 g/mol. The summed E-state index contributed by atoms with van der Waals surface area (Å²) in [7, 11) is 0. The van der Waals surface area contributed by atoms with Crippen LogP contribution in [0.3, 0.4) is 0 Å². The van der Waals surface area contributed by atoms with Crippen molar-refractivity contribution in [2.45, 2.75) is 6.92 Å². The van der Waals surface area contributed by atoms with Gasteiger partial charge in [0.2, 0.25) is 5.04 Å². The van der Waals surface area contributed by atoms with E-state index in [1.807, 2.05) is 6.92 Å². The molecule has 0 spiro atoms. The summed E-state index contributed by atoms with van der Waals surface area (Å²) in [4.78, 5) is 2.57. The van der Waals surface area contributed by atoms with E-state index in [9.17, 15) is 0 Å². The van der Waals surface area contributed by atoms with Gasteiger partial charge in [-0.3, -0.25) is 5.41 Å². The van der Waals surface area contributed by atoms with Gasteiger partial charge in [-0.05, 0) is 5.53 Å². The zero-order valence-electron chi connectivity index (χ0n) is 5.62. The summed E-state index contributed by atoms with van der Waals surface area (Å²) >= 11 is 1.50. The van der Waals surface area contributed by atoms with Crippen LogP contribution in [-0.2, 0) is 0 Å². The Kier molecular flexibility index (Phi) is 10.6. The fourth-order valence-corrected chi connectivity index (χ4v) is 0.852. The molecule has 2 N–H and O–H groups in total. The van der Waals surface area contributed by atoms with Crippen LogP contribution in [0.15, 0.2) is 5.11 Å². The van der Waals surface area contributed by atoms with E-state index >= 15 is 0 Å². The van der Waals surface area contributed by atoms with E-state index in [2.05, 4.69) is 10.0 Å². The predicted octanol–water partition coefficient (Wildman–Crippen LogP) is -2.79. The third kappa shape index (κ3) is 7.62. The van der Waals surface area contributed by atoms with Crippen LogP contribution in [0.4, 0.5) is 0 Å². The molecule has 0 fully saturated rings. The van der Waals surface area contributed by atoms with Crippen molar-refractivity contribution in [2.75, 3.05) is 12.3 Å². The summed E-state index contributed by atoms with van der Waals surface area (Å²) in [5, 5.41) is 9.35. The molecule has 4 nitrogen and oxygen atoms in total. The molecule has 0 amide bonds. The van der Waals surface area contributed by atoms with E-state index in [1.54, 1.807) is 0 Å². The maximum atomic E-state index is 7.86. The second kappa shape index (κ2) is 8.62. The van der Waals surface area contributed by atoms with Crippen LogP contribution < -0.4 is 17.8 Å². The van der Waals surface area contributed by atoms with Gasteiger partial charge in [0.05, 0.1) is 0 Å². The standard InChI is InChI=1S/C4H8N4S.ClH/c1-2-9-4(5)3-7-8-6;/h5H,2-3H2,1H3;1H. The zero-order valence-corrected chi connectivity index (χ0v) is 7.19. The summed E-state index contributed by atoms with van der Waals surface area (Å²) in [6, 6.07) is 0. The van der Waals surface area contributed by atoms with E-state index in [0.717, 1.165) is 5.75 Å². The van der Waals surface area contributed by atoms with E-state index < -0.39 is 0 Å². The maximum absolute atomic E-state index is 7.86. The van der Waals surface area contributed by atoms with E-state index in [1.165, 1.54) is 11.8 Å². The molecule has 0 aromatic rings. The third-order valence-corrected chi connectivity index (χ3v) is 1.41. The fraction of sp³-hybridized carbons (Fsp3) is 0.750. The molecule has 0 atom stereocenters. The topological polar surface area (TPSA) is 74.4 Å². The molecule has 0 heterocycles. The summed E-state index contributed by atoms with van der Waals surface area (Å²) in [6.07, 6.45) is 0. The van der Waals surface area contributed by atoms with Crippen molar-refractivity contribution in [1.82, 2.24) is 0 Å². The number of halogens is 1. The van der Waals surface area contributed by atoms with Gasteiger partial charge in [-0.15, -0.1) is 0 Å². The average Bonchev–Trinajstić information content (AvgIpc) is 1.85. The smallest absolute Gasteiger partial charge is 0.213 e. The second-order valence-corrected chi connectivity index (χ2v) is 2.68. The number of azide groups is 1. The van der Waals surface area contributed by atoms with Crippen molar-refractivity contribution >= 4 is 16.8 Å². The van der Waals surface area contributed by atoms with Gasteiger partial charge in [0.1, 0.15) is 6.54 Å². The lowest BCUT2D eigenvalue weighted by atomic mass is 10.7. The highest BCUT2D eigenvalue weighted by atomic mass is 35.5. The molecule has 0 radical (unpaired) electrons. The molecule has 0 aromatic heterocycles. The molecule has 10 heavy (non-hydrogen) atoms. The van der Waals surface area contributed by atoms with Crippen LogP contribution in [0.2, 0.25) is 0 Å². The first-order chi connectivity index (χ1) is 4.31. The van der Waals surface area contributed by atoms with Gasteiger partial charge >= 0.3 is 0 Å². The van der Waals surface area contributed by atoms with Crippen LogP contribution in [0, 0.1) is 0 Å². The van der Waals surface area contributed by atoms with Gasteiger partial charge in [0, 0.05) is 10.7 Å². The molecule has 0 aromatic carbocycles. The Morgan fingerprint density at radius 2 is 2.40 bits per heavy atom. The normalized spacial score (nSPS) is 7.30. The van der Waals surface area contributed by atoms with E-state index in [4.69, 9.17) is 10.9 Å². The highest BCUT2D eigenvalue weighted by Gasteiger charge is 1.97. The monoisotopic (exact) mass is 180 g/mol. The molecule has 0 saturated carbocycles. The Morgan fingerprint density at radius 1 is 1.80 bits per heavy atom. The molecule has 0 bridgehead atoms. The molecular formula is C4H9ClN4S. The minimum atomic E-state index is 0. The number of thioether (sulfide) groups is 1. The Bertz CT molecular complexity index is 142. The van der Waals surface area contributed by atoms with E-state index in [0.29, 0.717) is 11.6 Å².